The van der Waals surface area contributed by atoms with Gasteiger partial charge in [-0.05, 0) is 0 Å². The fourth-order valence-corrected chi connectivity index (χ4v) is 2.35. The highest BCUT2D eigenvalue weighted by Gasteiger charge is 2.41. The monoisotopic (exact) mass is 356 g/mol. The molecular weight excluding hydrogens is 332 g/mol. The molecule has 0 aromatic rings. The molecule has 0 bridgehead atoms. The van der Waals surface area contributed by atoms with Gasteiger partial charge in [0.15, 0.2) is 12.6 Å². The van der Waals surface area contributed by atoms with Crippen LogP contribution in [0, 0.1) is 0 Å². The predicted octanol–water partition coefficient (Wildman–Crippen LogP) is -4.74. The van der Waals surface area contributed by atoms with Crippen molar-refractivity contribution in [3.05, 3.63) is 0 Å². The summed E-state index contributed by atoms with van der Waals surface area (Å²) in [6.07, 6.45) is -11.9. The largest absolute Gasteiger partial charge is 0.394 e. The smallest absolute Gasteiger partial charge is 0.186 e. The highest BCUT2D eigenvalue weighted by atomic mass is 16.7. The lowest BCUT2D eigenvalue weighted by molar-refractivity contribution is -0.304. The molecule has 24 heavy (non-hydrogen) atoms. The minimum atomic E-state index is -1.52. The summed E-state index contributed by atoms with van der Waals surface area (Å²) >= 11 is 0. The topological polar surface area (TPSA) is 179 Å². The second kappa shape index (κ2) is 8.78. The van der Waals surface area contributed by atoms with E-state index >= 15 is 0 Å². The minimum Gasteiger partial charge on any atom is -0.394 e. The molecule has 0 spiro atoms. The molecule has 2 saturated heterocycles. The van der Waals surface area contributed by atoms with Crippen LogP contribution in [-0.4, -0.2) is 117 Å². The second-order valence-corrected chi connectivity index (χ2v) is 5.77. The summed E-state index contributed by atoms with van der Waals surface area (Å²) in [4.78, 5) is 0. The maximum absolute atomic E-state index is 9.77. The Morgan fingerprint density at radius 2 is 1.29 bits per heavy atom. The lowest BCUT2D eigenvalue weighted by Gasteiger charge is -2.37. The van der Waals surface area contributed by atoms with Gasteiger partial charge in [0.1, 0.15) is 42.7 Å². The van der Waals surface area contributed by atoms with E-state index in [1.54, 1.807) is 0 Å². The van der Waals surface area contributed by atoms with Crippen molar-refractivity contribution in [1.29, 1.82) is 0 Å². The van der Waals surface area contributed by atoms with Crippen LogP contribution in [0.3, 0.4) is 0 Å². The SMILES string of the molecule is OCC(CO[C@@H]1OC[C@@H](O)[C@H](O)[C@H]1O)O[C@@H]1OC[C@@H](O)[C@H](O)[C@H]1O. The Bertz CT molecular complexity index is 383. The van der Waals surface area contributed by atoms with Crippen LogP contribution in [0.5, 0.6) is 0 Å². The molecule has 9 atom stereocenters. The summed E-state index contributed by atoms with van der Waals surface area (Å²) in [6.45, 7) is -1.30. The first-order valence-electron chi connectivity index (χ1n) is 7.54. The van der Waals surface area contributed by atoms with Crippen molar-refractivity contribution in [2.45, 2.75) is 55.3 Å². The van der Waals surface area contributed by atoms with Crippen LogP contribution in [0.2, 0.25) is 0 Å². The zero-order valence-corrected chi connectivity index (χ0v) is 12.8. The van der Waals surface area contributed by atoms with E-state index in [-0.39, 0.29) is 19.8 Å². The molecule has 2 aliphatic heterocycles. The van der Waals surface area contributed by atoms with Crippen molar-refractivity contribution in [2.24, 2.45) is 0 Å². The van der Waals surface area contributed by atoms with E-state index in [1.165, 1.54) is 0 Å². The van der Waals surface area contributed by atoms with Crippen LogP contribution in [0.1, 0.15) is 0 Å². The molecule has 2 rings (SSSR count). The van der Waals surface area contributed by atoms with Crippen LogP contribution < -0.4 is 0 Å². The summed E-state index contributed by atoms with van der Waals surface area (Å²) in [5.74, 6) is 0. The molecular formula is C13H24O11. The molecule has 0 aromatic carbocycles. The van der Waals surface area contributed by atoms with E-state index in [4.69, 9.17) is 18.9 Å². The van der Waals surface area contributed by atoms with Crippen LogP contribution in [0.4, 0.5) is 0 Å². The summed E-state index contributed by atoms with van der Waals surface area (Å²) < 4.78 is 20.6. The number of hydrogen-bond acceptors (Lipinski definition) is 11. The lowest BCUT2D eigenvalue weighted by atomic mass is 10.1. The van der Waals surface area contributed by atoms with E-state index in [9.17, 15) is 35.7 Å². The fraction of sp³-hybridized carbons (Fsp3) is 1.00. The third-order valence-corrected chi connectivity index (χ3v) is 3.89. The Kier molecular flexibility index (Phi) is 7.27. The molecule has 0 radical (unpaired) electrons. The molecule has 2 aliphatic rings. The summed E-state index contributed by atoms with van der Waals surface area (Å²) in [5.41, 5.74) is 0. The highest BCUT2D eigenvalue weighted by Crippen LogP contribution is 2.20. The molecule has 142 valence electrons. The van der Waals surface area contributed by atoms with Crippen molar-refractivity contribution in [3.63, 3.8) is 0 Å². The summed E-state index contributed by atoms with van der Waals surface area (Å²) in [6, 6.07) is 0. The third-order valence-electron chi connectivity index (χ3n) is 3.89. The number of aliphatic hydroxyl groups is 7. The van der Waals surface area contributed by atoms with Gasteiger partial charge in [-0.15, -0.1) is 0 Å². The van der Waals surface area contributed by atoms with Crippen molar-refractivity contribution >= 4 is 0 Å². The molecule has 2 fully saturated rings. The second-order valence-electron chi connectivity index (χ2n) is 5.77. The standard InChI is InChI=1S/C13H24O11/c14-1-5(24-13-11(20)9(18)7(16)4-23-13)2-21-12-10(19)8(17)6(15)3-22-12/h5-20H,1-4H2/t5?,6-,7-,8+,9+,10-,11-,12-,13+/m1/s1. The Labute approximate surface area is 137 Å². The Morgan fingerprint density at radius 1 is 0.792 bits per heavy atom. The maximum Gasteiger partial charge on any atom is 0.186 e. The van der Waals surface area contributed by atoms with E-state index in [0.29, 0.717) is 0 Å². The first-order chi connectivity index (χ1) is 11.3. The fourth-order valence-electron chi connectivity index (χ4n) is 2.35. The summed E-state index contributed by atoms with van der Waals surface area (Å²) in [5, 5.41) is 66.6. The van der Waals surface area contributed by atoms with E-state index < -0.39 is 61.9 Å². The Morgan fingerprint density at radius 3 is 1.83 bits per heavy atom. The maximum atomic E-state index is 9.77. The van der Waals surface area contributed by atoms with Gasteiger partial charge in [0, 0.05) is 0 Å². The van der Waals surface area contributed by atoms with Crippen molar-refractivity contribution in [3.8, 4) is 0 Å². The van der Waals surface area contributed by atoms with Crippen LogP contribution in [-0.2, 0) is 18.9 Å². The Hall–Kier alpha value is -0.440. The van der Waals surface area contributed by atoms with Gasteiger partial charge in [-0.25, -0.2) is 0 Å². The molecule has 0 saturated carbocycles. The summed E-state index contributed by atoms with van der Waals surface area (Å²) in [7, 11) is 0. The average molecular weight is 356 g/mol. The van der Waals surface area contributed by atoms with Gasteiger partial charge in [-0.1, -0.05) is 0 Å². The molecule has 0 aliphatic carbocycles. The quantitative estimate of drug-likeness (QED) is 0.243. The van der Waals surface area contributed by atoms with Crippen LogP contribution in [0.25, 0.3) is 0 Å². The predicted molar refractivity (Wildman–Crippen MR) is 73.4 cm³/mol. The zero-order valence-electron chi connectivity index (χ0n) is 12.8. The van der Waals surface area contributed by atoms with Gasteiger partial charge in [-0.3, -0.25) is 0 Å². The third kappa shape index (κ3) is 4.59. The number of ether oxygens (including phenoxy) is 4. The Balaban J connectivity index is 1.82. The number of rotatable bonds is 6. The van der Waals surface area contributed by atoms with Gasteiger partial charge in [0.2, 0.25) is 0 Å². The van der Waals surface area contributed by atoms with Crippen LogP contribution in [0.15, 0.2) is 0 Å². The molecule has 11 heteroatoms. The average Bonchev–Trinajstić information content (AvgIpc) is 2.57. The lowest BCUT2D eigenvalue weighted by Crippen LogP contribution is -2.56. The minimum absolute atomic E-state index is 0.234. The van der Waals surface area contributed by atoms with Gasteiger partial charge in [-0.2, -0.15) is 0 Å². The first-order valence-corrected chi connectivity index (χ1v) is 7.54. The number of aliphatic hydroxyl groups excluding tert-OH is 7. The number of hydrogen-bond donors (Lipinski definition) is 7. The van der Waals surface area contributed by atoms with Crippen molar-refractivity contribution in [2.75, 3.05) is 26.4 Å². The zero-order chi connectivity index (χ0) is 17.9. The highest BCUT2D eigenvalue weighted by molar-refractivity contribution is 4.84. The van der Waals surface area contributed by atoms with Crippen LogP contribution >= 0.6 is 0 Å². The van der Waals surface area contributed by atoms with Gasteiger partial charge < -0.3 is 54.7 Å². The van der Waals surface area contributed by atoms with Crippen molar-refractivity contribution in [1.82, 2.24) is 0 Å². The molecule has 0 amide bonds. The van der Waals surface area contributed by atoms with Gasteiger partial charge in [0.25, 0.3) is 0 Å². The van der Waals surface area contributed by atoms with E-state index in [0.717, 1.165) is 0 Å². The normalized spacial score (nSPS) is 45.1. The first kappa shape index (κ1) is 19.9. The van der Waals surface area contributed by atoms with Gasteiger partial charge >= 0.3 is 0 Å². The van der Waals surface area contributed by atoms with E-state index in [2.05, 4.69) is 0 Å². The van der Waals surface area contributed by atoms with Gasteiger partial charge in [0.05, 0.1) is 26.4 Å². The molecule has 0 aromatic heterocycles. The molecule has 2 heterocycles. The molecule has 7 N–H and O–H groups in total. The molecule has 11 nitrogen and oxygen atoms in total. The van der Waals surface area contributed by atoms with E-state index in [1.807, 2.05) is 0 Å². The van der Waals surface area contributed by atoms with Crippen molar-refractivity contribution < 1.29 is 54.7 Å². The molecule has 1 unspecified atom stereocenters.